The van der Waals surface area contributed by atoms with Crippen molar-refractivity contribution in [1.82, 2.24) is 0 Å². The highest BCUT2D eigenvalue weighted by molar-refractivity contribution is 5.88. The van der Waals surface area contributed by atoms with Crippen LogP contribution in [-0.2, 0) is 19.1 Å². The summed E-state index contributed by atoms with van der Waals surface area (Å²) in [5.74, 6) is 1.22. The highest BCUT2D eigenvalue weighted by atomic mass is 16.6. The Morgan fingerprint density at radius 1 is 0.941 bits per heavy atom. The quantitative estimate of drug-likeness (QED) is 0.342. The first kappa shape index (κ1) is 22.9. The lowest BCUT2D eigenvalue weighted by Crippen LogP contribution is -2.64. The van der Waals surface area contributed by atoms with Gasteiger partial charge in [-0.2, -0.15) is 0 Å². The zero-order valence-corrected chi connectivity index (χ0v) is 22.0. The Labute approximate surface area is 204 Å². The van der Waals surface area contributed by atoms with Gasteiger partial charge in [-0.05, 0) is 86.9 Å². The lowest BCUT2D eigenvalue weighted by molar-refractivity contribution is -0.219. The second kappa shape index (κ2) is 7.01. The number of cyclic esters (lactones) is 1. The van der Waals surface area contributed by atoms with Gasteiger partial charge in [0.15, 0.2) is 0 Å². The van der Waals surface area contributed by atoms with Gasteiger partial charge >= 0.3 is 11.9 Å². The van der Waals surface area contributed by atoms with Gasteiger partial charge in [0.2, 0.25) is 0 Å². The van der Waals surface area contributed by atoms with Crippen molar-refractivity contribution < 1.29 is 19.1 Å². The molecule has 4 nitrogen and oxygen atoms in total. The molecule has 1 spiro atoms. The SMILES string of the molecule is CC1=CC[C@@H]([C@@H](C)[C@H]2CC[C@@]3(C)C4=C(CC[C@]23C)[C@]23CC[C@@H](OC2=O)C(C)(C)[C@@H]3CC4)OC1=O. The Kier molecular flexibility index (Phi) is 4.71. The summed E-state index contributed by atoms with van der Waals surface area (Å²) >= 11 is 0. The fraction of sp³-hybridized carbons (Fsp3) is 0.800. The van der Waals surface area contributed by atoms with Gasteiger partial charge in [-0.25, -0.2) is 4.79 Å². The summed E-state index contributed by atoms with van der Waals surface area (Å²) < 4.78 is 12.0. The molecule has 0 radical (unpaired) electrons. The molecule has 4 fully saturated rings. The van der Waals surface area contributed by atoms with Gasteiger partial charge in [-0.15, -0.1) is 0 Å². The molecule has 186 valence electrons. The average Bonchev–Trinajstić information content (AvgIpc) is 3.07. The molecule has 0 amide bonds. The highest BCUT2D eigenvalue weighted by Crippen LogP contribution is 2.74. The third-order valence-electron chi connectivity index (χ3n) is 12.4. The van der Waals surface area contributed by atoms with Gasteiger partial charge in [-0.1, -0.05) is 51.8 Å². The molecule has 34 heavy (non-hydrogen) atoms. The van der Waals surface area contributed by atoms with Gasteiger partial charge < -0.3 is 9.47 Å². The van der Waals surface area contributed by atoms with Crippen LogP contribution in [0.15, 0.2) is 22.8 Å². The minimum atomic E-state index is -0.374. The summed E-state index contributed by atoms with van der Waals surface area (Å²) in [6, 6.07) is 0. The van der Waals surface area contributed by atoms with Crippen molar-refractivity contribution in [3.63, 3.8) is 0 Å². The van der Waals surface area contributed by atoms with E-state index in [2.05, 4.69) is 40.7 Å². The number of fused-ring (bicyclic) bond motifs is 4. The molecular formula is C30H42O4. The lowest BCUT2D eigenvalue weighted by atomic mass is 9.42. The minimum Gasteiger partial charge on any atom is -0.461 e. The molecule has 3 heterocycles. The van der Waals surface area contributed by atoms with Crippen LogP contribution < -0.4 is 0 Å². The second-order valence-corrected chi connectivity index (χ2v) is 13.6. The second-order valence-electron chi connectivity index (χ2n) is 13.6. The van der Waals surface area contributed by atoms with Crippen LogP contribution in [0.1, 0.15) is 99.3 Å². The Morgan fingerprint density at radius 2 is 1.71 bits per heavy atom. The first-order valence-corrected chi connectivity index (χ1v) is 13.8. The third-order valence-corrected chi connectivity index (χ3v) is 12.4. The van der Waals surface area contributed by atoms with Gasteiger partial charge in [0.1, 0.15) is 12.2 Å². The van der Waals surface area contributed by atoms with Crippen molar-refractivity contribution in [3.8, 4) is 0 Å². The number of ether oxygens (including phenoxy) is 2. The van der Waals surface area contributed by atoms with Crippen LogP contribution >= 0.6 is 0 Å². The van der Waals surface area contributed by atoms with Crippen LogP contribution in [0.5, 0.6) is 0 Å². The predicted molar refractivity (Wildman–Crippen MR) is 131 cm³/mol. The van der Waals surface area contributed by atoms with Gasteiger partial charge in [0.05, 0.1) is 5.41 Å². The van der Waals surface area contributed by atoms with E-state index in [0.29, 0.717) is 17.8 Å². The van der Waals surface area contributed by atoms with Crippen molar-refractivity contribution in [2.24, 2.45) is 39.4 Å². The van der Waals surface area contributed by atoms with Crippen molar-refractivity contribution in [3.05, 3.63) is 22.8 Å². The summed E-state index contributed by atoms with van der Waals surface area (Å²) in [6.07, 6.45) is 11.7. The van der Waals surface area contributed by atoms with E-state index in [4.69, 9.17) is 9.47 Å². The molecule has 0 N–H and O–H groups in total. The molecule has 0 unspecified atom stereocenters. The van der Waals surface area contributed by atoms with E-state index < -0.39 is 0 Å². The summed E-state index contributed by atoms with van der Waals surface area (Å²) in [5.41, 5.74) is 3.81. The smallest absolute Gasteiger partial charge is 0.333 e. The molecule has 0 aromatic rings. The van der Waals surface area contributed by atoms with Crippen LogP contribution in [0.2, 0.25) is 0 Å². The number of esters is 2. The molecule has 0 aromatic heterocycles. The van der Waals surface area contributed by atoms with Crippen LogP contribution in [0.3, 0.4) is 0 Å². The van der Waals surface area contributed by atoms with E-state index in [0.717, 1.165) is 50.5 Å². The molecule has 4 heteroatoms. The number of hydrogen-bond acceptors (Lipinski definition) is 4. The predicted octanol–water partition coefficient (Wildman–Crippen LogP) is 6.54. The summed E-state index contributed by atoms with van der Waals surface area (Å²) in [5, 5.41) is 0. The van der Waals surface area contributed by atoms with E-state index in [1.165, 1.54) is 18.4 Å². The van der Waals surface area contributed by atoms with E-state index in [1.54, 1.807) is 5.57 Å². The topological polar surface area (TPSA) is 52.6 Å². The maximum absolute atomic E-state index is 13.6. The Morgan fingerprint density at radius 3 is 2.41 bits per heavy atom. The largest absolute Gasteiger partial charge is 0.461 e. The molecule has 2 saturated heterocycles. The Balaban J connectivity index is 1.38. The number of carbonyl (C=O) groups excluding carboxylic acids is 2. The first-order chi connectivity index (χ1) is 16.0. The fourth-order valence-corrected chi connectivity index (χ4v) is 10.1. The maximum atomic E-state index is 13.6. The molecule has 2 saturated carbocycles. The minimum absolute atomic E-state index is 0.0190. The van der Waals surface area contributed by atoms with Crippen LogP contribution in [0, 0.1) is 39.4 Å². The zero-order chi connectivity index (χ0) is 24.3. The summed E-state index contributed by atoms with van der Waals surface area (Å²) in [4.78, 5) is 25.8. The van der Waals surface area contributed by atoms with Crippen molar-refractivity contribution in [2.45, 2.75) is 112 Å². The van der Waals surface area contributed by atoms with E-state index in [-0.39, 0.29) is 45.8 Å². The maximum Gasteiger partial charge on any atom is 0.333 e. The highest BCUT2D eigenvalue weighted by Gasteiger charge is 2.70. The molecule has 8 atom stereocenters. The van der Waals surface area contributed by atoms with Gasteiger partial charge in [0, 0.05) is 17.4 Å². The summed E-state index contributed by atoms with van der Waals surface area (Å²) in [7, 11) is 0. The fourth-order valence-electron chi connectivity index (χ4n) is 10.1. The third kappa shape index (κ3) is 2.56. The van der Waals surface area contributed by atoms with Crippen LogP contribution in [0.4, 0.5) is 0 Å². The molecule has 3 aliphatic heterocycles. The molecule has 0 aromatic carbocycles. The Hall–Kier alpha value is -1.58. The molecular weight excluding hydrogens is 424 g/mol. The molecule has 7 aliphatic rings. The first-order valence-electron chi connectivity index (χ1n) is 13.8. The molecule has 4 aliphatic carbocycles. The average molecular weight is 467 g/mol. The number of rotatable bonds is 2. The van der Waals surface area contributed by atoms with Crippen LogP contribution in [0.25, 0.3) is 0 Å². The van der Waals surface area contributed by atoms with Crippen molar-refractivity contribution >= 4 is 11.9 Å². The standard InChI is InChI=1S/C30H42O4/c1-17-7-9-22(33-25(17)31)18(2)19-11-14-29(6)20-8-10-23-27(3,4)24-13-16-30(23,26(32)34-24)21(20)12-15-28(19,29)5/h7,18-19,22-24H,8-16H2,1-6H3/t18-,19+,22-,23-,24+,28+,29-,30-/m0/s1. The van der Waals surface area contributed by atoms with Crippen molar-refractivity contribution in [1.29, 1.82) is 0 Å². The van der Waals surface area contributed by atoms with Crippen molar-refractivity contribution in [2.75, 3.05) is 0 Å². The number of hydrogen-bond donors (Lipinski definition) is 0. The van der Waals surface area contributed by atoms with E-state index >= 15 is 0 Å². The molecule has 7 rings (SSSR count). The van der Waals surface area contributed by atoms with Gasteiger partial charge in [0.25, 0.3) is 0 Å². The van der Waals surface area contributed by atoms with Gasteiger partial charge in [-0.3, -0.25) is 4.79 Å². The number of allylic oxidation sites excluding steroid dienone is 1. The van der Waals surface area contributed by atoms with E-state index in [1.807, 2.05) is 6.92 Å². The summed E-state index contributed by atoms with van der Waals surface area (Å²) in [6.45, 7) is 13.9. The monoisotopic (exact) mass is 466 g/mol. The van der Waals surface area contributed by atoms with E-state index in [9.17, 15) is 9.59 Å². The molecule has 2 bridgehead atoms. The van der Waals surface area contributed by atoms with Crippen LogP contribution in [-0.4, -0.2) is 24.1 Å². The normalized spacial score (nSPS) is 47.8. The lowest BCUT2D eigenvalue weighted by Gasteiger charge is -2.64. The Bertz CT molecular complexity index is 1020. The zero-order valence-electron chi connectivity index (χ0n) is 22.0. The number of carbonyl (C=O) groups is 2.